The highest BCUT2D eigenvalue weighted by atomic mass is 32.2. The van der Waals surface area contributed by atoms with Crippen LogP contribution in [0.4, 0.5) is 13.2 Å². The van der Waals surface area contributed by atoms with Crippen molar-refractivity contribution in [2.45, 2.75) is 72.5 Å². The molecule has 0 amide bonds. The van der Waals surface area contributed by atoms with Crippen molar-refractivity contribution < 1.29 is 13.2 Å². The highest BCUT2D eigenvalue weighted by Gasteiger charge is 2.21. The minimum atomic E-state index is -4.30. The molecule has 0 heterocycles. The standard InChI is InChI=1S/C23H36F3NS/c1-18(2)9-7-10-19(3)11-8-12-20(4)14-16-28-17-22(6)27-21(5)13-15-23(24,25)26/h9,11,13-15,22,27H,5,7-8,10,12,16-17H2,1-4,6H3/b15-13+,19-11+,20-14+. The van der Waals surface area contributed by atoms with Gasteiger partial charge in [0.05, 0.1) is 0 Å². The number of nitrogens with one attached hydrogen (secondary N) is 1. The van der Waals surface area contributed by atoms with Gasteiger partial charge in [-0.15, -0.1) is 0 Å². The van der Waals surface area contributed by atoms with Gasteiger partial charge in [0.2, 0.25) is 0 Å². The van der Waals surface area contributed by atoms with Crippen LogP contribution < -0.4 is 5.32 Å². The Balaban J connectivity index is 4.01. The van der Waals surface area contributed by atoms with Crippen molar-refractivity contribution in [2.75, 3.05) is 11.5 Å². The molecule has 0 aliphatic heterocycles. The molecule has 0 aromatic carbocycles. The van der Waals surface area contributed by atoms with Gasteiger partial charge in [-0.05, 0) is 66.4 Å². The predicted octanol–water partition coefficient (Wildman–Crippen LogP) is 7.75. The van der Waals surface area contributed by atoms with Crippen LogP contribution in [-0.4, -0.2) is 23.7 Å². The maximum Gasteiger partial charge on any atom is 0.409 e. The number of rotatable bonds is 13. The van der Waals surface area contributed by atoms with Gasteiger partial charge in [-0.25, -0.2) is 0 Å². The van der Waals surface area contributed by atoms with Crippen molar-refractivity contribution >= 4 is 11.8 Å². The fourth-order valence-corrected chi connectivity index (χ4v) is 3.36. The molecule has 5 heteroatoms. The number of hydrogen-bond acceptors (Lipinski definition) is 2. The Labute approximate surface area is 173 Å². The molecule has 0 aliphatic carbocycles. The van der Waals surface area contributed by atoms with Crippen LogP contribution in [0.5, 0.6) is 0 Å². The average Bonchev–Trinajstić information content (AvgIpc) is 2.56. The summed E-state index contributed by atoms with van der Waals surface area (Å²) in [6, 6.07) is 0.0653. The first-order chi connectivity index (χ1) is 13.0. The molecule has 0 radical (unpaired) electrons. The van der Waals surface area contributed by atoms with Gasteiger partial charge in [-0.1, -0.05) is 41.5 Å². The summed E-state index contributed by atoms with van der Waals surface area (Å²) < 4.78 is 36.4. The van der Waals surface area contributed by atoms with Gasteiger partial charge in [0.25, 0.3) is 0 Å². The van der Waals surface area contributed by atoms with Crippen LogP contribution in [-0.2, 0) is 0 Å². The molecule has 1 atom stereocenters. The van der Waals surface area contributed by atoms with E-state index in [-0.39, 0.29) is 17.8 Å². The molecule has 0 aromatic heterocycles. The van der Waals surface area contributed by atoms with Crippen LogP contribution in [0.1, 0.15) is 60.3 Å². The SMILES string of the molecule is C=C(/C=C/C(F)(F)F)NC(C)CSC/C=C(\C)CC/C=C(\C)CCC=C(C)C. The fourth-order valence-electron chi connectivity index (χ4n) is 2.39. The van der Waals surface area contributed by atoms with Crippen LogP contribution in [0.2, 0.25) is 0 Å². The highest BCUT2D eigenvalue weighted by molar-refractivity contribution is 7.99. The summed E-state index contributed by atoms with van der Waals surface area (Å²) in [5, 5.41) is 2.98. The maximum absolute atomic E-state index is 12.1. The van der Waals surface area contributed by atoms with Crippen LogP contribution in [0, 0.1) is 0 Å². The third kappa shape index (κ3) is 18.0. The van der Waals surface area contributed by atoms with E-state index in [0.29, 0.717) is 0 Å². The number of hydrogen-bond donors (Lipinski definition) is 1. The van der Waals surface area contributed by atoms with Gasteiger partial charge in [-0.3, -0.25) is 0 Å². The Morgan fingerprint density at radius 2 is 1.57 bits per heavy atom. The van der Waals surface area contributed by atoms with Gasteiger partial charge >= 0.3 is 6.18 Å². The van der Waals surface area contributed by atoms with E-state index in [0.717, 1.165) is 43.3 Å². The Bertz CT molecular complexity index is 579. The summed E-state index contributed by atoms with van der Waals surface area (Å²) in [4.78, 5) is 0. The molecule has 1 N–H and O–H groups in total. The Morgan fingerprint density at radius 1 is 1.00 bits per heavy atom. The fraction of sp³-hybridized carbons (Fsp3) is 0.565. The molecule has 0 spiro atoms. The van der Waals surface area contributed by atoms with Gasteiger partial charge < -0.3 is 5.32 Å². The van der Waals surface area contributed by atoms with E-state index in [1.807, 2.05) is 6.92 Å². The van der Waals surface area contributed by atoms with Crippen molar-refractivity contribution in [3.8, 4) is 0 Å². The lowest BCUT2D eigenvalue weighted by molar-refractivity contribution is -0.0798. The summed E-state index contributed by atoms with van der Waals surface area (Å²) >= 11 is 1.76. The third-order valence-electron chi connectivity index (χ3n) is 3.95. The zero-order valence-corrected chi connectivity index (χ0v) is 18.8. The molecule has 0 aromatic rings. The number of alkyl halides is 3. The van der Waals surface area contributed by atoms with E-state index >= 15 is 0 Å². The third-order valence-corrected chi connectivity index (χ3v) is 5.08. The lowest BCUT2D eigenvalue weighted by Gasteiger charge is -2.14. The van der Waals surface area contributed by atoms with E-state index in [2.05, 4.69) is 57.8 Å². The smallest absolute Gasteiger partial charge is 0.382 e. The van der Waals surface area contributed by atoms with E-state index in [1.165, 1.54) is 16.7 Å². The monoisotopic (exact) mass is 415 g/mol. The average molecular weight is 416 g/mol. The topological polar surface area (TPSA) is 12.0 Å². The van der Waals surface area contributed by atoms with Gasteiger partial charge in [0.1, 0.15) is 0 Å². The predicted molar refractivity (Wildman–Crippen MR) is 120 cm³/mol. The van der Waals surface area contributed by atoms with Crippen LogP contribution >= 0.6 is 11.8 Å². The molecule has 1 nitrogen and oxygen atoms in total. The second kappa shape index (κ2) is 14.6. The van der Waals surface area contributed by atoms with Crippen LogP contribution in [0.15, 0.2) is 59.4 Å². The second-order valence-corrected chi connectivity index (χ2v) is 8.52. The molecular formula is C23H36F3NS. The lowest BCUT2D eigenvalue weighted by atomic mass is 10.1. The maximum atomic E-state index is 12.1. The summed E-state index contributed by atoms with van der Waals surface area (Å²) in [7, 11) is 0. The normalized spacial score (nSPS) is 14.3. The molecule has 28 heavy (non-hydrogen) atoms. The minimum absolute atomic E-state index is 0.0653. The first-order valence-corrected chi connectivity index (χ1v) is 10.9. The van der Waals surface area contributed by atoms with E-state index in [4.69, 9.17) is 0 Å². The van der Waals surface area contributed by atoms with Crippen LogP contribution in [0.3, 0.4) is 0 Å². The molecule has 0 saturated heterocycles. The Morgan fingerprint density at radius 3 is 2.14 bits per heavy atom. The van der Waals surface area contributed by atoms with Crippen molar-refractivity contribution in [2.24, 2.45) is 0 Å². The summed E-state index contributed by atoms with van der Waals surface area (Å²) in [5.74, 6) is 1.72. The zero-order chi connectivity index (χ0) is 21.6. The molecule has 160 valence electrons. The minimum Gasteiger partial charge on any atom is -0.382 e. The number of thioether (sulfide) groups is 1. The van der Waals surface area contributed by atoms with Crippen molar-refractivity contribution in [3.63, 3.8) is 0 Å². The molecule has 0 bridgehead atoms. The van der Waals surface area contributed by atoms with Crippen molar-refractivity contribution in [1.82, 2.24) is 5.32 Å². The first-order valence-electron chi connectivity index (χ1n) is 9.73. The van der Waals surface area contributed by atoms with Gasteiger partial charge in [0.15, 0.2) is 0 Å². The van der Waals surface area contributed by atoms with Crippen molar-refractivity contribution in [1.29, 1.82) is 0 Å². The van der Waals surface area contributed by atoms with E-state index < -0.39 is 6.18 Å². The summed E-state index contributed by atoms with van der Waals surface area (Å²) in [6.45, 7) is 14.1. The van der Waals surface area contributed by atoms with Crippen LogP contribution in [0.25, 0.3) is 0 Å². The first kappa shape index (κ1) is 26.6. The molecule has 0 rings (SSSR count). The second-order valence-electron chi connectivity index (χ2n) is 7.44. The van der Waals surface area contributed by atoms with Gasteiger partial charge in [-0.2, -0.15) is 24.9 Å². The van der Waals surface area contributed by atoms with Gasteiger partial charge in [0, 0.05) is 29.3 Å². The molecule has 0 saturated carbocycles. The number of allylic oxidation sites excluding steroid dienone is 7. The lowest BCUT2D eigenvalue weighted by Crippen LogP contribution is -2.26. The van der Waals surface area contributed by atoms with E-state index in [9.17, 15) is 13.2 Å². The van der Waals surface area contributed by atoms with Crippen molar-refractivity contribution in [3.05, 3.63) is 59.4 Å². The molecule has 0 aliphatic rings. The highest BCUT2D eigenvalue weighted by Crippen LogP contribution is 2.17. The zero-order valence-electron chi connectivity index (χ0n) is 18.0. The molecule has 0 fully saturated rings. The number of halogens is 3. The Hall–Kier alpha value is -1.36. The molecular weight excluding hydrogens is 379 g/mol. The quantitative estimate of drug-likeness (QED) is 0.187. The largest absolute Gasteiger partial charge is 0.409 e. The molecule has 1 unspecified atom stereocenters. The summed E-state index contributed by atoms with van der Waals surface area (Å²) in [6.07, 6.45) is 8.08. The summed E-state index contributed by atoms with van der Waals surface area (Å²) in [5.41, 5.74) is 4.47. The van der Waals surface area contributed by atoms with E-state index in [1.54, 1.807) is 11.8 Å². The Kier molecular flexibility index (Phi) is 13.9.